The van der Waals surface area contributed by atoms with Gasteiger partial charge in [0.1, 0.15) is 0 Å². The van der Waals surface area contributed by atoms with Crippen molar-refractivity contribution in [1.29, 1.82) is 0 Å². The Morgan fingerprint density at radius 1 is 0.792 bits per heavy atom. The van der Waals surface area contributed by atoms with Gasteiger partial charge < -0.3 is 9.84 Å². The molecule has 0 bridgehead atoms. The van der Waals surface area contributed by atoms with Crippen LogP contribution in [0.15, 0.2) is 0 Å². The maximum atomic E-state index is 11.4. The molecule has 0 aliphatic rings. The van der Waals surface area contributed by atoms with E-state index in [1.165, 1.54) is 64.2 Å². The largest absolute Gasteiger partial charge is 0.463 e. The van der Waals surface area contributed by atoms with Gasteiger partial charge in [-0.05, 0) is 33.1 Å². The van der Waals surface area contributed by atoms with Crippen LogP contribution in [0.25, 0.3) is 0 Å². The highest BCUT2D eigenvalue weighted by Crippen LogP contribution is 2.14. The highest BCUT2D eigenvalue weighted by Gasteiger charge is 2.05. The molecular formula is C21H42O3. The van der Waals surface area contributed by atoms with Crippen LogP contribution in [0.2, 0.25) is 0 Å². The number of hydrogen-bond donors (Lipinski definition) is 1. The van der Waals surface area contributed by atoms with E-state index in [2.05, 4.69) is 6.92 Å². The maximum Gasteiger partial charge on any atom is 0.306 e. The maximum absolute atomic E-state index is 11.4. The van der Waals surface area contributed by atoms with Crippen LogP contribution in [0.1, 0.15) is 117 Å². The summed E-state index contributed by atoms with van der Waals surface area (Å²) in [5, 5.41) is 9.85. The molecule has 0 saturated heterocycles. The molecule has 1 atom stereocenters. The number of carbonyl (C=O) groups excluding carboxylic acids is 1. The average molecular weight is 343 g/mol. The number of unbranched alkanes of at least 4 members (excludes halogenated alkanes) is 10. The van der Waals surface area contributed by atoms with Crippen LogP contribution in [0.5, 0.6) is 0 Å². The summed E-state index contributed by atoms with van der Waals surface area (Å²) in [6.45, 7) is 5.99. The third-order valence-corrected chi connectivity index (χ3v) is 4.43. The summed E-state index contributed by atoms with van der Waals surface area (Å²) < 4.78 is 5.12. The van der Waals surface area contributed by atoms with E-state index >= 15 is 0 Å². The van der Waals surface area contributed by atoms with Crippen molar-refractivity contribution in [2.24, 2.45) is 0 Å². The van der Waals surface area contributed by atoms with Crippen LogP contribution < -0.4 is 0 Å². The van der Waals surface area contributed by atoms with Crippen molar-refractivity contribution in [2.75, 3.05) is 0 Å². The van der Waals surface area contributed by atoms with E-state index in [9.17, 15) is 9.90 Å². The van der Waals surface area contributed by atoms with Crippen LogP contribution in [-0.2, 0) is 9.53 Å². The summed E-state index contributed by atoms with van der Waals surface area (Å²) in [5.74, 6) is -0.0538. The van der Waals surface area contributed by atoms with Crippen molar-refractivity contribution in [3.05, 3.63) is 0 Å². The van der Waals surface area contributed by atoms with E-state index in [-0.39, 0.29) is 18.2 Å². The van der Waals surface area contributed by atoms with Gasteiger partial charge in [0, 0.05) is 6.42 Å². The molecule has 0 aromatic carbocycles. The lowest BCUT2D eigenvalue weighted by molar-refractivity contribution is -0.147. The van der Waals surface area contributed by atoms with E-state index in [0.29, 0.717) is 6.42 Å². The Labute approximate surface area is 150 Å². The topological polar surface area (TPSA) is 46.5 Å². The lowest BCUT2D eigenvalue weighted by atomic mass is 10.0. The number of aliphatic hydroxyl groups excluding tert-OH is 1. The Balaban J connectivity index is 3.19. The third kappa shape index (κ3) is 17.8. The molecule has 24 heavy (non-hydrogen) atoms. The summed E-state index contributed by atoms with van der Waals surface area (Å²) in [6.07, 6.45) is 17.1. The van der Waals surface area contributed by atoms with E-state index in [4.69, 9.17) is 4.74 Å². The molecule has 3 heteroatoms. The smallest absolute Gasteiger partial charge is 0.306 e. The Morgan fingerprint density at radius 2 is 1.25 bits per heavy atom. The fourth-order valence-corrected chi connectivity index (χ4v) is 2.98. The van der Waals surface area contributed by atoms with Crippen molar-refractivity contribution >= 4 is 5.97 Å². The van der Waals surface area contributed by atoms with Crippen LogP contribution in [0, 0.1) is 0 Å². The van der Waals surface area contributed by atoms with Gasteiger partial charge in [-0.2, -0.15) is 0 Å². The molecule has 0 radical (unpaired) electrons. The van der Waals surface area contributed by atoms with E-state index in [1.54, 1.807) is 0 Å². The van der Waals surface area contributed by atoms with Gasteiger partial charge in [-0.25, -0.2) is 0 Å². The minimum Gasteiger partial charge on any atom is -0.463 e. The van der Waals surface area contributed by atoms with Gasteiger partial charge >= 0.3 is 5.97 Å². The summed E-state index contributed by atoms with van der Waals surface area (Å²) in [6, 6.07) is 0. The van der Waals surface area contributed by atoms with Gasteiger partial charge in [0.05, 0.1) is 12.2 Å². The quantitative estimate of drug-likeness (QED) is 0.254. The Morgan fingerprint density at radius 3 is 1.75 bits per heavy atom. The molecule has 0 aromatic rings. The standard InChI is InChI=1S/C21H42O3/c1-4-5-13-16-20(22)17-14-11-9-7-6-8-10-12-15-18-21(23)24-19(2)3/h19-20,22H,4-18H2,1-3H3. The predicted molar refractivity (Wildman–Crippen MR) is 102 cm³/mol. The van der Waals surface area contributed by atoms with Crippen molar-refractivity contribution in [3.8, 4) is 0 Å². The van der Waals surface area contributed by atoms with E-state index in [1.807, 2.05) is 13.8 Å². The summed E-state index contributed by atoms with van der Waals surface area (Å²) in [5.41, 5.74) is 0. The van der Waals surface area contributed by atoms with Gasteiger partial charge in [0.25, 0.3) is 0 Å². The van der Waals surface area contributed by atoms with E-state index < -0.39 is 0 Å². The molecule has 0 saturated carbocycles. The predicted octanol–water partition coefficient (Wildman–Crippen LogP) is 6.17. The summed E-state index contributed by atoms with van der Waals surface area (Å²) in [7, 11) is 0. The molecule has 0 heterocycles. The molecule has 144 valence electrons. The molecule has 0 spiro atoms. The zero-order valence-electron chi connectivity index (χ0n) is 16.5. The fourth-order valence-electron chi connectivity index (χ4n) is 2.98. The SMILES string of the molecule is CCCCCC(O)CCCCCCCCCCCC(=O)OC(C)C. The molecule has 0 amide bonds. The van der Waals surface area contributed by atoms with Crippen LogP contribution in [0.4, 0.5) is 0 Å². The lowest BCUT2D eigenvalue weighted by Crippen LogP contribution is -2.10. The van der Waals surface area contributed by atoms with Gasteiger partial charge in [-0.1, -0.05) is 77.6 Å². The van der Waals surface area contributed by atoms with Gasteiger partial charge in [-0.3, -0.25) is 4.79 Å². The van der Waals surface area contributed by atoms with Gasteiger partial charge in [0.15, 0.2) is 0 Å². The van der Waals surface area contributed by atoms with Crippen molar-refractivity contribution in [2.45, 2.75) is 129 Å². The molecule has 0 aliphatic heterocycles. The zero-order valence-corrected chi connectivity index (χ0v) is 16.5. The number of esters is 1. The van der Waals surface area contributed by atoms with Gasteiger partial charge in [-0.15, -0.1) is 0 Å². The summed E-state index contributed by atoms with van der Waals surface area (Å²) >= 11 is 0. The second kappa shape index (κ2) is 17.3. The molecule has 3 nitrogen and oxygen atoms in total. The molecule has 0 aliphatic carbocycles. The van der Waals surface area contributed by atoms with Crippen LogP contribution in [0.3, 0.4) is 0 Å². The highest BCUT2D eigenvalue weighted by atomic mass is 16.5. The number of carbonyl (C=O) groups is 1. The molecule has 0 rings (SSSR count). The first-order valence-electron chi connectivity index (χ1n) is 10.4. The van der Waals surface area contributed by atoms with E-state index in [0.717, 1.165) is 25.7 Å². The normalized spacial score (nSPS) is 12.5. The van der Waals surface area contributed by atoms with Crippen molar-refractivity contribution in [3.63, 3.8) is 0 Å². The second-order valence-electron chi connectivity index (χ2n) is 7.41. The fraction of sp³-hybridized carbons (Fsp3) is 0.952. The summed E-state index contributed by atoms with van der Waals surface area (Å²) in [4.78, 5) is 11.4. The number of aliphatic hydroxyl groups is 1. The Hall–Kier alpha value is -0.570. The first-order valence-corrected chi connectivity index (χ1v) is 10.4. The third-order valence-electron chi connectivity index (χ3n) is 4.43. The van der Waals surface area contributed by atoms with Crippen LogP contribution >= 0.6 is 0 Å². The molecule has 0 fully saturated rings. The Kier molecular flexibility index (Phi) is 16.8. The van der Waals surface area contributed by atoms with Crippen molar-refractivity contribution < 1.29 is 14.6 Å². The first kappa shape index (κ1) is 23.4. The molecule has 1 unspecified atom stereocenters. The second-order valence-corrected chi connectivity index (χ2v) is 7.41. The Bertz CT molecular complexity index is 276. The van der Waals surface area contributed by atoms with Gasteiger partial charge in [0.2, 0.25) is 0 Å². The molecular weight excluding hydrogens is 300 g/mol. The lowest BCUT2D eigenvalue weighted by Gasteiger charge is -2.09. The monoisotopic (exact) mass is 342 g/mol. The average Bonchev–Trinajstić information content (AvgIpc) is 2.52. The molecule has 1 N–H and O–H groups in total. The number of rotatable bonds is 17. The number of ether oxygens (including phenoxy) is 1. The van der Waals surface area contributed by atoms with Crippen LogP contribution in [-0.4, -0.2) is 23.3 Å². The number of hydrogen-bond acceptors (Lipinski definition) is 3. The first-order chi connectivity index (χ1) is 11.6. The minimum absolute atomic E-state index is 0.00922. The zero-order chi connectivity index (χ0) is 18.0. The minimum atomic E-state index is -0.0704. The highest BCUT2D eigenvalue weighted by molar-refractivity contribution is 5.69. The van der Waals surface area contributed by atoms with Crippen molar-refractivity contribution in [1.82, 2.24) is 0 Å². The molecule has 0 aromatic heterocycles.